The average Bonchev–Trinajstić information content (AvgIpc) is 3.32. The summed E-state index contributed by atoms with van der Waals surface area (Å²) in [5, 5.41) is 6.60. The molecule has 4 aromatic rings. The Kier molecular flexibility index (Phi) is 6.72. The molecule has 2 amide bonds. The van der Waals surface area contributed by atoms with Crippen LogP contribution in [0.15, 0.2) is 59.0 Å². The van der Waals surface area contributed by atoms with Crippen molar-refractivity contribution in [3.63, 3.8) is 0 Å². The predicted molar refractivity (Wildman–Crippen MR) is 158 cm³/mol. The molecular weight excluding hydrogens is 521 g/mol. The van der Waals surface area contributed by atoms with Gasteiger partial charge in [-0.1, -0.05) is 6.07 Å². The molecule has 212 valence electrons. The van der Waals surface area contributed by atoms with Crippen molar-refractivity contribution in [1.82, 2.24) is 10.6 Å². The summed E-state index contributed by atoms with van der Waals surface area (Å²) >= 11 is 0. The first-order chi connectivity index (χ1) is 19.8. The van der Waals surface area contributed by atoms with Gasteiger partial charge in [-0.05, 0) is 87.1 Å². The standard InChI is InChI=1S/C33H34FN3O4/c1-5-37(6-2)26-15-28-24(29(32(39)35-3)30(41-28)20-7-10-22(34)11-8-20)14-23(26)21-9-12-27(40-4)25(13-21)31(38)36-33-16-19(17-33)18-33/h7-15,19H,5-6,16-18H2,1-4H3,(H,35,39)(H,36,38). The van der Waals surface area contributed by atoms with Crippen LogP contribution in [0.5, 0.6) is 5.75 Å². The van der Waals surface area contributed by atoms with Crippen LogP contribution in [0.1, 0.15) is 53.8 Å². The number of benzene rings is 3. The number of hydrogen-bond acceptors (Lipinski definition) is 5. The number of halogens is 1. The van der Waals surface area contributed by atoms with Crippen molar-refractivity contribution in [2.24, 2.45) is 5.92 Å². The third-order valence-corrected chi connectivity index (χ3v) is 8.64. The first-order valence-electron chi connectivity index (χ1n) is 14.1. The Labute approximate surface area is 238 Å². The van der Waals surface area contributed by atoms with E-state index in [2.05, 4.69) is 29.4 Å². The number of methoxy groups -OCH3 is 1. The molecule has 0 unspecified atom stereocenters. The first kappa shape index (κ1) is 26.9. The van der Waals surface area contributed by atoms with Gasteiger partial charge in [-0.25, -0.2) is 4.39 Å². The summed E-state index contributed by atoms with van der Waals surface area (Å²) in [4.78, 5) is 28.9. The van der Waals surface area contributed by atoms with Gasteiger partial charge in [0.05, 0.1) is 18.2 Å². The molecule has 3 fully saturated rings. The molecule has 0 aliphatic heterocycles. The van der Waals surface area contributed by atoms with Crippen LogP contribution in [0.4, 0.5) is 10.1 Å². The van der Waals surface area contributed by atoms with Gasteiger partial charge in [0, 0.05) is 53.9 Å². The Morgan fingerprint density at radius 3 is 2.27 bits per heavy atom. The highest BCUT2D eigenvalue weighted by Gasteiger charge is 2.57. The van der Waals surface area contributed by atoms with Gasteiger partial charge in [0.2, 0.25) is 0 Å². The lowest BCUT2D eigenvalue weighted by atomic mass is 9.50. The largest absolute Gasteiger partial charge is 0.496 e. The van der Waals surface area contributed by atoms with Crippen LogP contribution >= 0.6 is 0 Å². The number of furan rings is 1. The van der Waals surface area contributed by atoms with Crippen molar-refractivity contribution in [2.75, 3.05) is 32.1 Å². The maximum Gasteiger partial charge on any atom is 0.255 e. The third-order valence-electron chi connectivity index (χ3n) is 8.64. The van der Waals surface area contributed by atoms with Crippen molar-refractivity contribution in [1.29, 1.82) is 0 Å². The highest BCUT2D eigenvalue weighted by Crippen LogP contribution is 2.57. The smallest absolute Gasteiger partial charge is 0.255 e. The summed E-state index contributed by atoms with van der Waals surface area (Å²) in [5.41, 5.74) is 4.53. The van der Waals surface area contributed by atoms with Gasteiger partial charge in [0.1, 0.15) is 22.9 Å². The van der Waals surface area contributed by atoms with Gasteiger partial charge in [0.15, 0.2) is 0 Å². The molecule has 2 N–H and O–H groups in total. The quantitative estimate of drug-likeness (QED) is 0.250. The van der Waals surface area contributed by atoms with Crippen molar-refractivity contribution in [3.05, 3.63) is 71.5 Å². The third kappa shape index (κ3) is 4.51. The number of carbonyl (C=O) groups is 2. The van der Waals surface area contributed by atoms with Crippen molar-refractivity contribution < 1.29 is 23.1 Å². The number of amides is 2. The van der Waals surface area contributed by atoms with Crippen LogP contribution in [0.3, 0.4) is 0 Å². The lowest BCUT2D eigenvalue weighted by Gasteiger charge is -2.61. The Balaban J connectivity index is 1.53. The van der Waals surface area contributed by atoms with E-state index in [1.807, 2.05) is 30.3 Å². The fraction of sp³-hybridized carbons (Fsp3) is 0.333. The topological polar surface area (TPSA) is 83.8 Å². The van der Waals surface area contributed by atoms with E-state index in [1.165, 1.54) is 12.1 Å². The van der Waals surface area contributed by atoms with Crippen LogP contribution in [0.2, 0.25) is 0 Å². The molecule has 7 nitrogen and oxygen atoms in total. The number of nitrogens with one attached hydrogen (secondary N) is 2. The molecule has 2 bridgehead atoms. The van der Waals surface area contributed by atoms with Crippen molar-refractivity contribution in [3.8, 4) is 28.2 Å². The summed E-state index contributed by atoms with van der Waals surface area (Å²) in [7, 11) is 3.14. The number of fused-ring (bicyclic) bond motifs is 1. The zero-order valence-corrected chi connectivity index (χ0v) is 23.8. The van der Waals surface area contributed by atoms with Gasteiger partial charge < -0.3 is 24.7 Å². The van der Waals surface area contributed by atoms with E-state index < -0.39 is 0 Å². The van der Waals surface area contributed by atoms with Gasteiger partial charge >= 0.3 is 0 Å². The van der Waals surface area contributed by atoms with Crippen LogP contribution in [0.25, 0.3) is 33.4 Å². The molecule has 0 spiro atoms. The second-order valence-corrected chi connectivity index (χ2v) is 11.1. The van der Waals surface area contributed by atoms with Gasteiger partial charge in [-0.15, -0.1) is 0 Å². The molecule has 1 heterocycles. The van der Waals surface area contributed by atoms with Crippen LogP contribution < -0.4 is 20.3 Å². The molecule has 0 saturated heterocycles. The fourth-order valence-electron chi connectivity index (χ4n) is 6.34. The van der Waals surface area contributed by atoms with Crippen LogP contribution in [-0.2, 0) is 0 Å². The van der Waals surface area contributed by atoms with E-state index >= 15 is 0 Å². The fourth-order valence-corrected chi connectivity index (χ4v) is 6.34. The number of ether oxygens (including phenoxy) is 1. The number of rotatable bonds is 9. The molecule has 3 aliphatic carbocycles. The highest BCUT2D eigenvalue weighted by atomic mass is 19.1. The molecule has 3 aromatic carbocycles. The summed E-state index contributed by atoms with van der Waals surface area (Å²) in [6.45, 7) is 5.65. The van der Waals surface area contributed by atoms with E-state index in [9.17, 15) is 14.0 Å². The molecule has 0 radical (unpaired) electrons. The lowest BCUT2D eigenvalue weighted by Crippen LogP contribution is -2.68. The number of nitrogens with zero attached hydrogens (tertiary/aromatic N) is 1. The second kappa shape index (κ2) is 10.3. The van der Waals surface area contributed by atoms with Crippen LogP contribution in [-0.4, -0.2) is 44.6 Å². The summed E-state index contributed by atoms with van der Waals surface area (Å²) in [6.07, 6.45) is 3.13. The minimum atomic E-state index is -0.370. The summed E-state index contributed by atoms with van der Waals surface area (Å²) < 4.78 is 25.6. The van der Waals surface area contributed by atoms with E-state index in [0.717, 1.165) is 55.1 Å². The zero-order chi connectivity index (χ0) is 28.9. The van der Waals surface area contributed by atoms with E-state index in [4.69, 9.17) is 9.15 Å². The number of hydrogen-bond donors (Lipinski definition) is 2. The summed E-state index contributed by atoms with van der Waals surface area (Å²) in [6, 6.07) is 15.4. The molecule has 3 aliphatic rings. The predicted octanol–water partition coefficient (Wildman–Crippen LogP) is 6.40. The van der Waals surface area contributed by atoms with Gasteiger partial charge in [-0.2, -0.15) is 0 Å². The SMILES string of the molecule is CCN(CC)c1cc2oc(-c3ccc(F)cc3)c(C(=O)NC)c2cc1-c1ccc(OC)c(C(=O)NC23CC(C2)C3)c1. The first-order valence-corrected chi connectivity index (χ1v) is 14.1. The second-order valence-electron chi connectivity index (χ2n) is 11.1. The van der Waals surface area contributed by atoms with Crippen LogP contribution in [0, 0.1) is 11.7 Å². The Morgan fingerprint density at radius 1 is 1.00 bits per heavy atom. The Hall–Kier alpha value is -4.33. The van der Waals surface area contributed by atoms with E-state index in [-0.39, 0.29) is 23.2 Å². The average molecular weight is 556 g/mol. The lowest BCUT2D eigenvalue weighted by molar-refractivity contribution is -0.0439. The Bertz CT molecular complexity index is 1640. The minimum absolute atomic E-state index is 0.0655. The molecule has 1 aromatic heterocycles. The summed E-state index contributed by atoms with van der Waals surface area (Å²) in [5.74, 6) is 0.812. The monoisotopic (exact) mass is 555 g/mol. The van der Waals surface area contributed by atoms with Gasteiger partial charge in [0.25, 0.3) is 11.8 Å². The molecule has 41 heavy (non-hydrogen) atoms. The number of carbonyl (C=O) groups excluding carboxylic acids is 2. The molecule has 3 saturated carbocycles. The van der Waals surface area contributed by atoms with Crippen molar-refractivity contribution >= 4 is 28.5 Å². The Morgan fingerprint density at radius 2 is 1.68 bits per heavy atom. The molecule has 8 heteroatoms. The maximum atomic E-state index is 13.7. The normalized spacial score (nSPS) is 18.8. The maximum absolute atomic E-state index is 13.7. The molecular formula is C33H34FN3O4. The molecule has 7 rings (SSSR count). The van der Waals surface area contributed by atoms with Crippen molar-refractivity contribution in [2.45, 2.75) is 38.6 Å². The van der Waals surface area contributed by atoms with E-state index in [0.29, 0.717) is 39.2 Å². The van der Waals surface area contributed by atoms with E-state index in [1.54, 1.807) is 26.3 Å². The zero-order valence-electron chi connectivity index (χ0n) is 23.8. The number of anilines is 1. The molecule has 0 atom stereocenters. The minimum Gasteiger partial charge on any atom is -0.496 e. The van der Waals surface area contributed by atoms with Gasteiger partial charge in [-0.3, -0.25) is 9.59 Å². The highest BCUT2D eigenvalue weighted by molar-refractivity contribution is 6.13.